The van der Waals surface area contributed by atoms with Crippen LogP contribution in [-0.4, -0.2) is 44.6 Å². The third-order valence-corrected chi connectivity index (χ3v) is 4.81. The molecule has 144 valence electrons. The van der Waals surface area contributed by atoms with Crippen LogP contribution in [0.4, 0.5) is 15.0 Å². The van der Waals surface area contributed by atoms with Gasteiger partial charge in [0.25, 0.3) is 5.91 Å². The van der Waals surface area contributed by atoms with Crippen molar-refractivity contribution in [2.45, 2.75) is 64.1 Å². The van der Waals surface area contributed by atoms with Crippen molar-refractivity contribution in [3.63, 3.8) is 0 Å². The highest BCUT2D eigenvalue weighted by Crippen LogP contribution is 2.30. The highest BCUT2D eigenvalue weighted by molar-refractivity contribution is 6.32. The maximum Gasteiger partial charge on any atom is 0.407 e. The van der Waals surface area contributed by atoms with Gasteiger partial charge in [-0.15, -0.1) is 0 Å². The predicted molar refractivity (Wildman–Crippen MR) is 97.0 cm³/mol. The van der Waals surface area contributed by atoms with Gasteiger partial charge in [-0.3, -0.25) is 4.79 Å². The normalized spacial score (nSPS) is 20.5. The number of amides is 2. The number of nitrogens with two attached hydrogens (primary N) is 1. The second kappa shape index (κ2) is 7.65. The molecule has 0 saturated heterocycles. The summed E-state index contributed by atoms with van der Waals surface area (Å²) in [6, 6.07) is 0.834. The Morgan fingerprint density at radius 1 is 1.35 bits per heavy atom. The van der Waals surface area contributed by atoms with Gasteiger partial charge in [-0.2, -0.15) is 0 Å². The van der Waals surface area contributed by atoms with E-state index in [1.165, 1.54) is 4.90 Å². The Bertz CT molecular complexity index is 700. The van der Waals surface area contributed by atoms with Crippen molar-refractivity contribution in [1.82, 2.24) is 9.88 Å². The molecule has 0 bridgehead atoms. The molecular formula is C17H24ClFN4O3. The van der Waals surface area contributed by atoms with E-state index in [9.17, 15) is 19.1 Å². The predicted octanol–water partition coefficient (Wildman–Crippen LogP) is 3.47. The highest BCUT2D eigenvalue weighted by Gasteiger charge is 2.35. The van der Waals surface area contributed by atoms with Crippen LogP contribution in [-0.2, 0) is 0 Å². The van der Waals surface area contributed by atoms with Crippen LogP contribution in [0.1, 0.15) is 56.8 Å². The van der Waals surface area contributed by atoms with Gasteiger partial charge >= 0.3 is 6.09 Å². The van der Waals surface area contributed by atoms with Crippen LogP contribution >= 0.6 is 11.6 Å². The number of rotatable bonds is 4. The van der Waals surface area contributed by atoms with Crippen molar-refractivity contribution in [2.24, 2.45) is 5.73 Å². The molecule has 2 amide bonds. The first-order chi connectivity index (χ1) is 12.0. The molecule has 9 heteroatoms. The lowest BCUT2D eigenvalue weighted by molar-refractivity contribution is 0.0556. The summed E-state index contributed by atoms with van der Waals surface area (Å²) in [6.45, 7) is 5.60. The summed E-state index contributed by atoms with van der Waals surface area (Å²) < 4.78 is 14.1. The Labute approximate surface area is 156 Å². The third-order valence-electron chi connectivity index (χ3n) is 4.53. The summed E-state index contributed by atoms with van der Waals surface area (Å²) in [5, 5.41) is 12.3. The summed E-state index contributed by atoms with van der Waals surface area (Å²) in [5.41, 5.74) is 4.47. The zero-order valence-corrected chi connectivity index (χ0v) is 15.8. The average Bonchev–Trinajstić information content (AvgIpc) is 2.50. The fourth-order valence-corrected chi connectivity index (χ4v) is 3.64. The number of pyridine rings is 1. The maximum absolute atomic E-state index is 14.1. The van der Waals surface area contributed by atoms with E-state index in [4.69, 9.17) is 17.3 Å². The maximum atomic E-state index is 14.1. The van der Waals surface area contributed by atoms with Crippen LogP contribution in [0.15, 0.2) is 6.07 Å². The molecule has 7 nitrogen and oxygen atoms in total. The summed E-state index contributed by atoms with van der Waals surface area (Å²) in [6.07, 6.45) is 1.73. The number of hydrogen-bond acceptors (Lipinski definition) is 4. The number of hydrogen-bond donors (Lipinski definition) is 3. The third kappa shape index (κ3) is 4.55. The molecule has 1 fully saturated rings. The van der Waals surface area contributed by atoms with Gasteiger partial charge in [0.1, 0.15) is 5.15 Å². The van der Waals surface area contributed by atoms with Crippen LogP contribution in [0, 0.1) is 5.82 Å². The van der Waals surface area contributed by atoms with E-state index in [0.29, 0.717) is 25.7 Å². The van der Waals surface area contributed by atoms with E-state index in [0.717, 1.165) is 6.07 Å². The van der Waals surface area contributed by atoms with Crippen LogP contribution < -0.4 is 11.1 Å². The molecule has 0 aliphatic heterocycles. The molecule has 26 heavy (non-hydrogen) atoms. The molecular weight excluding hydrogens is 363 g/mol. The molecule has 0 unspecified atom stereocenters. The smallest absolute Gasteiger partial charge is 0.407 e. The molecule has 0 atom stereocenters. The fourth-order valence-electron chi connectivity index (χ4n) is 3.40. The second-order valence-electron chi connectivity index (χ2n) is 7.49. The average molecular weight is 387 g/mol. The van der Waals surface area contributed by atoms with Crippen molar-refractivity contribution < 1.29 is 19.1 Å². The monoisotopic (exact) mass is 386 g/mol. The lowest BCUT2D eigenvalue weighted by Gasteiger charge is -2.42. The fraction of sp³-hybridized carbons (Fsp3) is 0.588. The highest BCUT2D eigenvalue weighted by atomic mass is 35.5. The quantitative estimate of drug-likeness (QED) is 0.686. The summed E-state index contributed by atoms with van der Waals surface area (Å²) in [7, 11) is 0. The van der Waals surface area contributed by atoms with Crippen molar-refractivity contribution in [2.75, 3.05) is 5.32 Å². The number of carbonyl (C=O) groups excluding carboxylic acids is 1. The number of carbonyl (C=O) groups is 2. The van der Waals surface area contributed by atoms with Gasteiger partial charge in [-0.25, -0.2) is 14.2 Å². The second-order valence-corrected chi connectivity index (χ2v) is 7.85. The van der Waals surface area contributed by atoms with E-state index in [1.807, 2.05) is 20.8 Å². The summed E-state index contributed by atoms with van der Waals surface area (Å²) in [4.78, 5) is 28.1. The lowest BCUT2D eigenvalue weighted by atomic mass is 9.88. The Morgan fingerprint density at radius 2 is 1.92 bits per heavy atom. The minimum atomic E-state index is -0.935. The van der Waals surface area contributed by atoms with Crippen molar-refractivity contribution in [3.05, 3.63) is 22.6 Å². The number of aromatic nitrogens is 1. The van der Waals surface area contributed by atoms with E-state index in [2.05, 4.69) is 10.3 Å². The Kier molecular flexibility index (Phi) is 5.95. The molecule has 1 aromatic heterocycles. The zero-order chi connectivity index (χ0) is 19.6. The minimum Gasteiger partial charge on any atom is -0.465 e. The van der Waals surface area contributed by atoms with E-state index >= 15 is 0 Å². The van der Waals surface area contributed by atoms with Gasteiger partial charge in [-0.05, 0) is 52.5 Å². The molecule has 1 aliphatic carbocycles. The van der Waals surface area contributed by atoms with Crippen LogP contribution in [0.25, 0.3) is 0 Å². The van der Waals surface area contributed by atoms with Crippen molar-refractivity contribution in [1.29, 1.82) is 0 Å². The van der Waals surface area contributed by atoms with Gasteiger partial charge in [0.15, 0.2) is 11.6 Å². The SMILES string of the molecule is CC(C)(C)N(C(=O)O)[C@H]1CC[C@H](Nc2nc(Cl)c(C(N)=O)cc2F)CC1. The van der Waals surface area contributed by atoms with Crippen LogP contribution in [0.2, 0.25) is 5.15 Å². The number of anilines is 1. The lowest BCUT2D eigenvalue weighted by Crippen LogP contribution is -2.52. The molecule has 0 radical (unpaired) electrons. The number of carboxylic acid groups (broad SMARTS) is 1. The largest absolute Gasteiger partial charge is 0.465 e. The van der Waals surface area contributed by atoms with Crippen LogP contribution in [0.3, 0.4) is 0 Å². The molecule has 1 aliphatic rings. The van der Waals surface area contributed by atoms with Crippen molar-refractivity contribution >= 4 is 29.4 Å². The standard InChI is InChI=1S/C17H24ClFN4O3/c1-17(2,3)23(16(25)26)10-6-4-9(5-7-10)21-15-12(19)8-11(14(20)24)13(18)22-15/h8-10H,4-7H2,1-3H3,(H2,20,24)(H,21,22)(H,25,26)/t9-,10-. The topological polar surface area (TPSA) is 109 Å². The van der Waals surface area contributed by atoms with Gasteiger partial charge in [-0.1, -0.05) is 11.6 Å². The molecule has 4 N–H and O–H groups in total. The van der Waals surface area contributed by atoms with E-state index < -0.39 is 23.4 Å². The molecule has 0 aromatic carbocycles. The van der Waals surface area contributed by atoms with E-state index in [-0.39, 0.29) is 28.6 Å². The van der Waals surface area contributed by atoms with Gasteiger partial charge in [0, 0.05) is 17.6 Å². The first kappa shape index (κ1) is 20.2. The molecule has 0 spiro atoms. The van der Waals surface area contributed by atoms with Gasteiger partial charge in [0.05, 0.1) is 5.56 Å². The van der Waals surface area contributed by atoms with E-state index in [1.54, 1.807) is 0 Å². The number of primary amides is 1. The Morgan fingerprint density at radius 3 is 2.38 bits per heavy atom. The number of halogens is 2. The Balaban J connectivity index is 2.04. The van der Waals surface area contributed by atoms with Gasteiger partial charge in [0.2, 0.25) is 0 Å². The van der Waals surface area contributed by atoms with Crippen LogP contribution in [0.5, 0.6) is 0 Å². The van der Waals surface area contributed by atoms with Gasteiger partial charge < -0.3 is 21.1 Å². The summed E-state index contributed by atoms with van der Waals surface area (Å²) >= 11 is 5.87. The minimum absolute atomic E-state index is 0.0330. The number of nitrogens with zero attached hydrogens (tertiary/aromatic N) is 2. The molecule has 1 aromatic rings. The zero-order valence-electron chi connectivity index (χ0n) is 15.1. The first-order valence-corrected chi connectivity index (χ1v) is 8.83. The molecule has 1 heterocycles. The van der Waals surface area contributed by atoms with Crippen molar-refractivity contribution in [3.8, 4) is 0 Å². The Hall–Kier alpha value is -2.09. The molecule has 2 rings (SSSR count). The number of nitrogens with one attached hydrogen (secondary N) is 1. The first-order valence-electron chi connectivity index (χ1n) is 8.45. The summed E-state index contributed by atoms with van der Waals surface area (Å²) in [5.74, 6) is -1.58. The molecule has 1 saturated carbocycles.